The second kappa shape index (κ2) is 7.43. The molecule has 2 N–H and O–H groups in total. The summed E-state index contributed by atoms with van der Waals surface area (Å²) in [6.07, 6.45) is 1.58. The molecule has 1 aliphatic heterocycles. The lowest BCUT2D eigenvalue weighted by Crippen LogP contribution is -2.30. The SMILES string of the molecule is COc1ccc(C(=O)NCCc2nc3ccccc3s2)c2c1CNCC2. The molecule has 0 saturated carbocycles. The van der Waals surface area contributed by atoms with Crippen molar-refractivity contribution in [3.63, 3.8) is 0 Å². The van der Waals surface area contributed by atoms with E-state index >= 15 is 0 Å². The van der Waals surface area contributed by atoms with Crippen LogP contribution >= 0.6 is 11.3 Å². The number of fused-ring (bicyclic) bond motifs is 2. The van der Waals surface area contributed by atoms with Gasteiger partial charge in [-0.1, -0.05) is 12.1 Å². The Kier molecular flexibility index (Phi) is 4.86. The average molecular weight is 367 g/mol. The molecule has 0 bridgehead atoms. The number of nitrogens with one attached hydrogen (secondary N) is 2. The Morgan fingerprint density at radius 2 is 2.15 bits per heavy atom. The maximum absolute atomic E-state index is 12.7. The fourth-order valence-electron chi connectivity index (χ4n) is 3.39. The first-order chi connectivity index (χ1) is 12.8. The maximum atomic E-state index is 12.7. The van der Waals surface area contributed by atoms with Crippen LogP contribution in [0.15, 0.2) is 36.4 Å². The van der Waals surface area contributed by atoms with E-state index in [9.17, 15) is 4.79 Å². The molecule has 0 spiro atoms. The molecule has 0 radical (unpaired) electrons. The number of carbonyl (C=O) groups excluding carboxylic acids is 1. The number of aromatic nitrogens is 1. The highest BCUT2D eigenvalue weighted by molar-refractivity contribution is 7.18. The van der Waals surface area contributed by atoms with Gasteiger partial charge in [-0.05, 0) is 42.8 Å². The van der Waals surface area contributed by atoms with Crippen LogP contribution in [0.1, 0.15) is 26.5 Å². The number of carbonyl (C=O) groups is 1. The van der Waals surface area contributed by atoms with Crippen molar-refractivity contribution >= 4 is 27.5 Å². The first-order valence-electron chi connectivity index (χ1n) is 8.78. The maximum Gasteiger partial charge on any atom is 0.251 e. The van der Waals surface area contributed by atoms with E-state index in [2.05, 4.69) is 21.7 Å². The third-order valence-corrected chi connectivity index (χ3v) is 5.77. The van der Waals surface area contributed by atoms with Crippen molar-refractivity contribution < 1.29 is 9.53 Å². The Balaban J connectivity index is 1.45. The van der Waals surface area contributed by atoms with Crippen molar-refractivity contribution in [1.29, 1.82) is 0 Å². The lowest BCUT2D eigenvalue weighted by atomic mass is 9.94. The van der Waals surface area contributed by atoms with Crippen molar-refractivity contribution in [3.05, 3.63) is 58.1 Å². The van der Waals surface area contributed by atoms with Crippen molar-refractivity contribution in [1.82, 2.24) is 15.6 Å². The Labute approximate surface area is 156 Å². The molecule has 0 aliphatic carbocycles. The molecular weight excluding hydrogens is 346 g/mol. The fraction of sp³-hybridized carbons (Fsp3) is 0.300. The van der Waals surface area contributed by atoms with Crippen LogP contribution in [0.4, 0.5) is 0 Å². The van der Waals surface area contributed by atoms with Crippen LogP contribution in [-0.4, -0.2) is 31.1 Å². The molecule has 0 unspecified atom stereocenters. The van der Waals surface area contributed by atoms with E-state index in [4.69, 9.17) is 4.74 Å². The van der Waals surface area contributed by atoms with Crippen LogP contribution in [0.25, 0.3) is 10.2 Å². The Morgan fingerprint density at radius 1 is 1.27 bits per heavy atom. The van der Waals surface area contributed by atoms with Gasteiger partial charge in [-0.25, -0.2) is 4.98 Å². The number of thiazole rings is 1. The van der Waals surface area contributed by atoms with Crippen molar-refractivity contribution in [3.8, 4) is 5.75 Å². The number of para-hydroxylation sites is 1. The Bertz CT molecular complexity index is 918. The number of ether oxygens (including phenoxy) is 1. The fourth-order valence-corrected chi connectivity index (χ4v) is 4.35. The van der Waals surface area contributed by atoms with Gasteiger partial charge in [0.2, 0.25) is 0 Å². The molecule has 3 aromatic rings. The lowest BCUT2D eigenvalue weighted by molar-refractivity contribution is 0.0953. The van der Waals surface area contributed by atoms with Gasteiger partial charge in [-0.3, -0.25) is 4.79 Å². The summed E-state index contributed by atoms with van der Waals surface area (Å²) in [5, 5.41) is 7.44. The first kappa shape index (κ1) is 17.0. The predicted molar refractivity (Wildman–Crippen MR) is 104 cm³/mol. The minimum absolute atomic E-state index is 0.0214. The molecular formula is C20H21N3O2S. The van der Waals surface area contributed by atoms with Gasteiger partial charge in [0.25, 0.3) is 5.91 Å². The van der Waals surface area contributed by atoms with E-state index in [0.717, 1.165) is 58.9 Å². The quantitative estimate of drug-likeness (QED) is 0.728. The zero-order valence-corrected chi connectivity index (χ0v) is 15.5. The van der Waals surface area contributed by atoms with Crippen molar-refractivity contribution in [2.45, 2.75) is 19.4 Å². The van der Waals surface area contributed by atoms with E-state index in [1.807, 2.05) is 30.3 Å². The Morgan fingerprint density at radius 3 is 3.00 bits per heavy atom. The van der Waals surface area contributed by atoms with Gasteiger partial charge in [-0.2, -0.15) is 0 Å². The molecule has 0 saturated heterocycles. The topological polar surface area (TPSA) is 63.2 Å². The van der Waals surface area contributed by atoms with Crippen LogP contribution in [0.2, 0.25) is 0 Å². The normalized spacial score (nSPS) is 13.4. The van der Waals surface area contributed by atoms with Crippen LogP contribution in [0, 0.1) is 0 Å². The molecule has 6 heteroatoms. The third kappa shape index (κ3) is 3.30. The second-order valence-corrected chi connectivity index (χ2v) is 7.40. The second-order valence-electron chi connectivity index (χ2n) is 6.28. The largest absolute Gasteiger partial charge is 0.496 e. The first-order valence-corrected chi connectivity index (χ1v) is 9.60. The van der Waals surface area contributed by atoms with E-state index in [0.29, 0.717) is 6.54 Å². The number of hydrogen-bond donors (Lipinski definition) is 2. The van der Waals surface area contributed by atoms with Crippen LogP contribution < -0.4 is 15.4 Å². The lowest BCUT2D eigenvalue weighted by Gasteiger charge is -2.22. The molecule has 1 aromatic heterocycles. The summed E-state index contributed by atoms with van der Waals surface area (Å²) in [5.74, 6) is 0.824. The van der Waals surface area contributed by atoms with Crippen LogP contribution in [0.3, 0.4) is 0 Å². The Hall–Kier alpha value is -2.44. The molecule has 4 rings (SSSR count). The van der Waals surface area contributed by atoms with Gasteiger partial charge < -0.3 is 15.4 Å². The molecule has 2 heterocycles. The third-order valence-electron chi connectivity index (χ3n) is 4.67. The average Bonchev–Trinajstić information content (AvgIpc) is 3.09. The van der Waals surface area contributed by atoms with Crippen molar-refractivity contribution in [2.24, 2.45) is 0 Å². The zero-order chi connectivity index (χ0) is 17.9. The highest BCUT2D eigenvalue weighted by Crippen LogP contribution is 2.28. The van der Waals surface area contributed by atoms with Crippen LogP contribution in [-0.2, 0) is 19.4 Å². The molecule has 2 aromatic carbocycles. The van der Waals surface area contributed by atoms with Gasteiger partial charge in [0.05, 0.1) is 22.3 Å². The number of benzene rings is 2. The minimum atomic E-state index is -0.0214. The predicted octanol–water partition coefficient (Wildman–Crippen LogP) is 2.92. The molecule has 1 amide bonds. The summed E-state index contributed by atoms with van der Waals surface area (Å²) >= 11 is 1.69. The van der Waals surface area contributed by atoms with E-state index in [1.54, 1.807) is 18.4 Å². The number of rotatable bonds is 5. The van der Waals surface area contributed by atoms with E-state index in [-0.39, 0.29) is 5.91 Å². The summed E-state index contributed by atoms with van der Waals surface area (Å²) in [4.78, 5) is 17.3. The highest BCUT2D eigenvalue weighted by atomic mass is 32.1. The van der Waals surface area contributed by atoms with Gasteiger partial charge in [0.15, 0.2) is 0 Å². The smallest absolute Gasteiger partial charge is 0.251 e. The summed E-state index contributed by atoms with van der Waals surface area (Å²) in [6.45, 7) is 2.20. The highest BCUT2D eigenvalue weighted by Gasteiger charge is 2.20. The minimum Gasteiger partial charge on any atom is -0.496 e. The molecule has 26 heavy (non-hydrogen) atoms. The van der Waals surface area contributed by atoms with Crippen LogP contribution in [0.5, 0.6) is 5.75 Å². The van der Waals surface area contributed by atoms with Gasteiger partial charge in [0.1, 0.15) is 5.75 Å². The monoisotopic (exact) mass is 367 g/mol. The molecule has 0 fully saturated rings. The summed E-state index contributed by atoms with van der Waals surface area (Å²) in [5.41, 5.74) is 3.97. The number of hydrogen-bond acceptors (Lipinski definition) is 5. The molecule has 134 valence electrons. The standard InChI is InChI=1S/C20H21N3O2S/c1-25-17-7-6-14(13-8-10-21-12-15(13)17)20(24)22-11-9-19-23-16-4-2-3-5-18(16)26-19/h2-7,21H,8-12H2,1H3,(H,22,24). The molecule has 1 aliphatic rings. The summed E-state index contributed by atoms with van der Waals surface area (Å²) < 4.78 is 6.62. The number of amides is 1. The summed E-state index contributed by atoms with van der Waals surface area (Å²) in [6, 6.07) is 11.9. The zero-order valence-electron chi connectivity index (χ0n) is 14.7. The van der Waals surface area contributed by atoms with Gasteiger partial charge in [-0.15, -0.1) is 11.3 Å². The summed E-state index contributed by atoms with van der Waals surface area (Å²) in [7, 11) is 1.67. The van der Waals surface area contributed by atoms with E-state index in [1.165, 1.54) is 4.70 Å². The van der Waals surface area contributed by atoms with Crippen molar-refractivity contribution in [2.75, 3.05) is 20.2 Å². The molecule has 0 atom stereocenters. The number of nitrogens with zero attached hydrogens (tertiary/aromatic N) is 1. The number of methoxy groups -OCH3 is 1. The molecule has 5 nitrogen and oxygen atoms in total. The van der Waals surface area contributed by atoms with Gasteiger partial charge >= 0.3 is 0 Å². The van der Waals surface area contributed by atoms with Gasteiger partial charge in [0, 0.05) is 30.6 Å². The van der Waals surface area contributed by atoms with E-state index < -0.39 is 0 Å².